The quantitative estimate of drug-likeness (QED) is 0.678. The van der Waals surface area contributed by atoms with Crippen LogP contribution in [-0.4, -0.2) is 50.5 Å². The number of rotatable bonds is 3. The van der Waals surface area contributed by atoms with Gasteiger partial charge in [0.15, 0.2) is 15.6 Å². The number of Topliss-reactive ketones (excluding diaryl/α,β-unsaturated/α-hetero) is 1. The zero-order chi connectivity index (χ0) is 21.8. The molecule has 0 aliphatic carbocycles. The Bertz CT molecular complexity index is 1220. The predicted octanol–water partition coefficient (Wildman–Crippen LogP) is 2.96. The molecule has 0 N–H and O–H groups in total. The largest absolute Gasteiger partial charge is 0.496 e. The lowest BCUT2D eigenvalue weighted by Crippen LogP contribution is -2.41. The average Bonchev–Trinajstić information content (AvgIpc) is 3.28. The number of sulfone groups is 1. The van der Waals surface area contributed by atoms with Crippen LogP contribution in [0.3, 0.4) is 0 Å². The van der Waals surface area contributed by atoms with E-state index >= 15 is 0 Å². The third-order valence-electron chi connectivity index (χ3n) is 6.11. The Morgan fingerprint density at radius 3 is 2.77 bits per heavy atom. The van der Waals surface area contributed by atoms with Crippen molar-refractivity contribution in [3.05, 3.63) is 58.3 Å². The number of hydrogen-bond donors (Lipinski definition) is 0. The summed E-state index contributed by atoms with van der Waals surface area (Å²) in [6.07, 6.45) is 2.30. The van der Waals surface area contributed by atoms with Gasteiger partial charge in [-0.25, -0.2) is 8.42 Å². The van der Waals surface area contributed by atoms with Gasteiger partial charge in [-0.2, -0.15) is 0 Å². The number of fused-ring (bicyclic) bond motifs is 2. The number of hydrogen-bond acceptors (Lipinski definition) is 7. The van der Waals surface area contributed by atoms with Gasteiger partial charge in [0.05, 0.1) is 24.2 Å². The Morgan fingerprint density at radius 1 is 1.23 bits per heavy atom. The lowest BCUT2D eigenvalue weighted by atomic mass is 9.99. The van der Waals surface area contributed by atoms with Gasteiger partial charge in [0.2, 0.25) is 5.78 Å². The Kier molecular flexibility index (Phi) is 4.79. The Balaban J connectivity index is 1.46. The van der Waals surface area contributed by atoms with Gasteiger partial charge in [-0.15, -0.1) is 0 Å². The summed E-state index contributed by atoms with van der Waals surface area (Å²) in [6, 6.07) is 9.19. The zero-order valence-corrected chi connectivity index (χ0v) is 18.2. The molecule has 2 aromatic rings. The molecule has 3 aliphatic heterocycles. The molecular formula is C23H23NO6S. The minimum atomic E-state index is -2.98. The Labute approximate surface area is 181 Å². The van der Waals surface area contributed by atoms with Crippen LogP contribution in [0.25, 0.3) is 6.08 Å². The summed E-state index contributed by atoms with van der Waals surface area (Å²) < 4.78 is 41.1. The fourth-order valence-electron chi connectivity index (χ4n) is 4.49. The molecule has 3 aliphatic rings. The zero-order valence-electron chi connectivity index (χ0n) is 17.4. The number of allylic oxidation sites excluding steroid dienone is 1. The third-order valence-corrected chi connectivity index (χ3v) is 7.87. The SMILES string of the molecule is COc1ccccc1C=C1Oc2c(cc3c(c2C)OCN([C@@H]2CCS(=O)(=O)C2)C3)C1=O. The standard InChI is InChI=1S/C23H23NO6S/c1-14-22-16(11-24(13-29-22)17-7-8-31(26,27)12-17)9-18-21(25)20(30-23(14)18)10-15-5-3-4-6-19(15)28-2/h3-6,9-10,17H,7-8,11-13H2,1-2H3/t17-/m1/s1. The van der Waals surface area contributed by atoms with E-state index in [-0.39, 0.29) is 29.1 Å². The molecule has 0 bridgehead atoms. The lowest BCUT2D eigenvalue weighted by molar-refractivity contribution is 0.0637. The van der Waals surface area contributed by atoms with Crippen molar-refractivity contribution in [3.63, 3.8) is 0 Å². The van der Waals surface area contributed by atoms with E-state index in [0.29, 0.717) is 42.5 Å². The molecule has 0 unspecified atom stereocenters. The molecule has 0 aromatic heterocycles. The highest BCUT2D eigenvalue weighted by Gasteiger charge is 2.37. The molecule has 1 fully saturated rings. The van der Waals surface area contributed by atoms with E-state index in [1.165, 1.54) is 0 Å². The van der Waals surface area contributed by atoms with Gasteiger partial charge in [-0.3, -0.25) is 9.69 Å². The summed E-state index contributed by atoms with van der Waals surface area (Å²) in [5.41, 5.74) is 2.92. The molecular weight excluding hydrogens is 418 g/mol. The molecule has 7 nitrogen and oxygen atoms in total. The fraction of sp³-hybridized carbons (Fsp3) is 0.348. The number of para-hydroxylation sites is 1. The number of carbonyl (C=O) groups is 1. The minimum Gasteiger partial charge on any atom is -0.496 e. The molecule has 8 heteroatoms. The van der Waals surface area contributed by atoms with E-state index < -0.39 is 9.84 Å². The summed E-state index contributed by atoms with van der Waals surface area (Å²) in [6.45, 7) is 2.75. The van der Waals surface area contributed by atoms with E-state index in [1.54, 1.807) is 13.2 Å². The maximum absolute atomic E-state index is 13.1. The monoisotopic (exact) mass is 441 g/mol. The fourth-order valence-corrected chi connectivity index (χ4v) is 6.25. The van der Waals surface area contributed by atoms with Gasteiger partial charge in [-0.1, -0.05) is 18.2 Å². The second kappa shape index (κ2) is 7.39. The topological polar surface area (TPSA) is 82.1 Å². The van der Waals surface area contributed by atoms with Crippen molar-refractivity contribution in [2.24, 2.45) is 0 Å². The number of methoxy groups -OCH3 is 1. The lowest BCUT2D eigenvalue weighted by Gasteiger charge is -2.33. The van der Waals surface area contributed by atoms with E-state index in [0.717, 1.165) is 16.7 Å². The highest BCUT2D eigenvalue weighted by Crippen LogP contribution is 2.44. The first-order valence-electron chi connectivity index (χ1n) is 10.2. The van der Waals surface area contributed by atoms with Gasteiger partial charge in [0.1, 0.15) is 24.0 Å². The Hall–Kier alpha value is -2.84. The van der Waals surface area contributed by atoms with Crippen molar-refractivity contribution in [3.8, 4) is 17.2 Å². The average molecular weight is 442 g/mol. The molecule has 31 heavy (non-hydrogen) atoms. The smallest absolute Gasteiger partial charge is 0.231 e. The first kappa shape index (κ1) is 20.1. The summed E-state index contributed by atoms with van der Waals surface area (Å²) in [7, 11) is -1.40. The molecule has 1 saturated heterocycles. The minimum absolute atomic E-state index is 0.0559. The van der Waals surface area contributed by atoms with Crippen LogP contribution in [0.15, 0.2) is 36.1 Å². The molecule has 3 heterocycles. The molecule has 162 valence electrons. The van der Waals surface area contributed by atoms with Crippen LogP contribution in [0.5, 0.6) is 17.2 Å². The van der Waals surface area contributed by atoms with Crippen LogP contribution in [0.4, 0.5) is 0 Å². The van der Waals surface area contributed by atoms with Crippen molar-refractivity contribution in [1.82, 2.24) is 4.90 Å². The first-order chi connectivity index (χ1) is 14.9. The van der Waals surface area contributed by atoms with Crippen LogP contribution in [0.2, 0.25) is 0 Å². The van der Waals surface area contributed by atoms with E-state index in [9.17, 15) is 13.2 Å². The number of carbonyl (C=O) groups excluding carboxylic acids is 1. The highest BCUT2D eigenvalue weighted by atomic mass is 32.2. The molecule has 0 amide bonds. The molecule has 0 radical (unpaired) electrons. The first-order valence-corrected chi connectivity index (χ1v) is 12.0. The molecule has 0 saturated carbocycles. The normalized spacial score (nSPS) is 23.2. The second-order valence-electron chi connectivity index (χ2n) is 8.13. The Morgan fingerprint density at radius 2 is 2.03 bits per heavy atom. The number of ether oxygens (including phenoxy) is 3. The van der Waals surface area contributed by atoms with E-state index in [2.05, 4.69) is 0 Å². The number of benzene rings is 2. The van der Waals surface area contributed by atoms with Crippen LogP contribution < -0.4 is 14.2 Å². The summed E-state index contributed by atoms with van der Waals surface area (Å²) >= 11 is 0. The highest BCUT2D eigenvalue weighted by molar-refractivity contribution is 7.91. The van der Waals surface area contributed by atoms with Crippen molar-refractivity contribution >= 4 is 21.7 Å². The van der Waals surface area contributed by atoms with Crippen LogP contribution in [-0.2, 0) is 16.4 Å². The van der Waals surface area contributed by atoms with Gasteiger partial charge in [-0.05, 0) is 31.6 Å². The molecule has 2 aromatic carbocycles. The van der Waals surface area contributed by atoms with Crippen molar-refractivity contribution in [1.29, 1.82) is 0 Å². The van der Waals surface area contributed by atoms with Gasteiger partial charge < -0.3 is 14.2 Å². The van der Waals surface area contributed by atoms with Crippen LogP contribution in [0.1, 0.15) is 33.5 Å². The second-order valence-corrected chi connectivity index (χ2v) is 10.4. The third kappa shape index (κ3) is 3.49. The van der Waals surface area contributed by atoms with E-state index in [4.69, 9.17) is 14.2 Å². The van der Waals surface area contributed by atoms with Crippen LogP contribution >= 0.6 is 0 Å². The molecule has 0 spiro atoms. The van der Waals surface area contributed by atoms with E-state index in [1.807, 2.05) is 42.2 Å². The molecule has 1 atom stereocenters. The maximum atomic E-state index is 13.1. The summed E-state index contributed by atoms with van der Waals surface area (Å²) in [4.78, 5) is 15.1. The van der Waals surface area contributed by atoms with Crippen molar-refractivity contribution in [2.75, 3.05) is 25.3 Å². The van der Waals surface area contributed by atoms with Gasteiger partial charge in [0.25, 0.3) is 0 Å². The maximum Gasteiger partial charge on any atom is 0.231 e. The van der Waals surface area contributed by atoms with Crippen molar-refractivity contribution in [2.45, 2.75) is 25.9 Å². The predicted molar refractivity (Wildman–Crippen MR) is 115 cm³/mol. The molecule has 5 rings (SSSR count). The van der Waals surface area contributed by atoms with Gasteiger partial charge in [0, 0.05) is 29.3 Å². The van der Waals surface area contributed by atoms with Crippen molar-refractivity contribution < 1.29 is 27.4 Å². The number of nitrogens with zero attached hydrogens (tertiary/aromatic N) is 1. The number of ketones is 1. The van der Waals surface area contributed by atoms with Gasteiger partial charge >= 0.3 is 0 Å². The van der Waals surface area contributed by atoms with Crippen LogP contribution in [0, 0.1) is 6.92 Å². The summed E-state index contributed by atoms with van der Waals surface area (Å²) in [5.74, 6) is 2.31. The summed E-state index contributed by atoms with van der Waals surface area (Å²) in [5, 5.41) is 0.